The van der Waals surface area contributed by atoms with Crippen LogP contribution in [0.5, 0.6) is 0 Å². The van der Waals surface area contributed by atoms with E-state index in [2.05, 4.69) is 26.1 Å². The zero-order valence-corrected chi connectivity index (χ0v) is 10.3. The van der Waals surface area contributed by atoms with Gasteiger partial charge in [0.1, 0.15) is 0 Å². The quantitative estimate of drug-likeness (QED) is 0.699. The minimum Gasteiger partial charge on any atom is -0.396 e. The molecule has 3 atom stereocenters. The Balaban J connectivity index is 1.99. The van der Waals surface area contributed by atoms with Crippen LogP contribution < -0.4 is 5.32 Å². The summed E-state index contributed by atoms with van der Waals surface area (Å²) in [5.41, 5.74) is 0.983. The molecule has 0 spiro atoms. The van der Waals surface area contributed by atoms with Gasteiger partial charge in [0.25, 0.3) is 0 Å². The van der Waals surface area contributed by atoms with E-state index in [9.17, 15) is 0 Å². The Morgan fingerprint density at radius 3 is 2.53 bits per heavy atom. The van der Waals surface area contributed by atoms with Crippen molar-refractivity contribution in [3.05, 3.63) is 0 Å². The van der Waals surface area contributed by atoms with E-state index in [-0.39, 0.29) is 0 Å². The molecule has 0 amide bonds. The summed E-state index contributed by atoms with van der Waals surface area (Å²) in [6.45, 7) is 8.62. The normalized spacial score (nSPS) is 42.4. The maximum absolute atomic E-state index is 8.80. The third kappa shape index (κ3) is 1.53. The molecule has 2 bridgehead atoms. The number of fused-ring (bicyclic) bond motifs is 2. The third-order valence-electron chi connectivity index (χ3n) is 5.52. The van der Waals surface area contributed by atoms with E-state index in [1.807, 2.05) is 0 Å². The Bertz CT molecular complexity index is 239. The largest absolute Gasteiger partial charge is 0.396 e. The van der Waals surface area contributed by atoms with Crippen LogP contribution in [0.15, 0.2) is 0 Å². The Morgan fingerprint density at radius 1 is 1.33 bits per heavy atom. The van der Waals surface area contributed by atoms with E-state index in [0.717, 1.165) is 18.9 Å². The summed E-state index contributed by atoms with van der Waals surface area (Å²) in [6.07, 6.45) is 5.02. The molecule has 0 heterocycles. The van der Waals surface area contributed by atoms with Crippen molar-refractivity contribution in [2.24, 2.45) is 16.7 Å². The van der Waals surface area contributed by atoms with Gasteiger partial charge in [-0.3, -0.25) is 0 Å². The minimum atomic E-state index is 0.309. The fourth-order valence-corrected chi connectivity index (χ4v) is 3.87. The van der Waals surface area contributed by atoms with E-state index in [1.165, 1.54) is 19.3 Å². The summed E-state index contributed by atoms with van der Waals surface area (Å²) >= 11 is 0. The lowest BCUT2D eigenvalue weighted by Gasteiger charge is -2.39. The molecule has 2 aliphatic carbocycles. The first-order valence-corrected chi connectivity index (χ1v) is 6.36. The number of nitrogens with one attached hydrogen (secondary N) is 1. The molecule has 2 saturated carbocycles. The van der Waals surface area contributed by atoms with Crippen LogP contribution >= 0.6 is 0 Å². The van der Waals surface area contributed by atoms with Crippen molar-refractivity contribution in [1.82, 2.24) is 5.32 Å². The highest BCUT2D eigenvalue weighted by molar-refractivity contribution is 5.12. The lowest BCUT2D eigenvalue weighted by molar-refractivity contribution is 0.120. The minimum absolute atomic E-state index is 0.309. The molecule has 88 valence electrons. The van der Waals surface area contributed by atoms with Crippen LogP contribution in [0, 0.1) is 16.7 Å². The molecule has 2 N–H and O–H groups in total. The summed E-state index contributed by atoms with van der Waals surface area (Å²) in [7, 11) is 0. The average molecular weight is 211 g/mol. The van der Waals surface area contributed by atoms with Gasteiger partial charge < -0.3 is 10.4 Å². The summed E-state index contributed by atoms with van der Waals surface area (Å²) in [6, 6.07) is 0.679. The fourth-order valence-electron chi connectivity index (χ4n) is 3.87. The maximum atomic E-state index is 8.80. The lowest BCUT2D eigenvalue weighted by Crippen LogP contribution is -2.44. The van der Waals surface area contributed by atoms with Crippen molar-refractivity contribution >= 4 is 0 Å². The molecule has 0 aromatic rings. The molecule has 0 radical (unpaired) electrons. The third-order valence-corrected chi connectivity index (χ3v) is 5.52. The van der Waals surface area contributed by atoms with Crippen molar-refractivity contribution in [3.8, 4) is 0 Å². The van der Waals surface area contributed by atoms with E-state index < -0.39 is 0 Å². The Morgan fingerprint density at radius 2 is 2.07 bits per heavy atom. The average Bonchev–Trinajstić information content (AvgIpc) is 2.51. The number of aliphatic hydroxyl groups excluding tert-OH is 1. The highest BCUT2D eigenvalue weighted by Crippen LogP contribution is 2.65. The number of rotatable bonds is 4. The second-order valence-corrected chi connectivity index (χ2v) is 6.19. The number of hydrogen-bond donors (Lipinski definition) is 2. The molecule has 2 fully saturated rings. The van der Waals surface area contributed by atoms with Gasteiger partial charge >= 0.3 is 0 Å². The fraction of sp³-hybridized carbons (Fsp3) is 1.00. The van der Waals surface area contributed by atoms with Crippen LogP contribution in [0.25, 0.3) is 0 Å². The van der Waals surface area contributed by atoms with Crippen LogP contribution in [-0.4, -0.2) is 24.3 Å². The van der Waals surface area contributed by atoms with Crippen molar-refractivity contribution in [3.63, 3.8) is 0 Å². The Kier molecular flexibility index (Phi) is 2.85. The molecule has 2 heteroatoms. The first kappa shape index (κ1) is 11.4. The van der Waals surface area contributed by atoms with E-state index in [4.69, 9.17) is 5.11 Å². The van der Waals surface area contributed by atoms with E-state index in [0.29, 0.717) is 23.5 Å². The first-order chi connectivity index (χ1) is 7.02. The smallest absolute Gasteiger partial charge is 0.0443 e. The summed E-state index contributed by atoms with van der Waals surface area (Å²) < 4.78 is 0. The standard InChI is InChI=1S/C13H25NO/c1-12(2)10-5-6-13(12,3)11(9-10)14-7-4-8-15/h10-11,14-15H,4-9H2,1-3H3/t10-,11?,13+/m0/s1. The van der Waals surface area contributed by atoms with E-state index >= 15 is 0 Å². The highest BCUT2D eigenvalue weighted by Gasteiger charge is 2.60. The van der Waals surface area contributed by atoms with Crippen LogP contribution in [0.1, 0.15) is 46.5 Å². The molecule has 0 aromatic carbocycles. The highest BCUT2D eigenvalue weighted by atomic mass is 16.3. The molecular weight excluding hydrogens is 186 g/mol. The predicted octanol–water partition coefficient (Wildman–Crippen LogP) is 2.17. The maximum Gasteiger partial charge on any atom is 0.0443 e. The second kappa shape index (κ2) is 3.74. The second-order valence-electron chi connectivity index (χ2n) is 6.19. The SMILES string of the molecule is CC1(C)[C@H]2CC[C@]1(C)C(NCCCO)C2. The van der Waals surface area contributed by atoms with Crippen molar-refractivity contribution in [2.75, 3.05) is 13.2 Å². The van der Waals surface area contributed by atoms with Gasteiger partial charge in [-0.25, -0.2) is 0 Å². The monoisotopic (exact) mass is 211 g/mol. The van der Waals surface area contributed by atoms with Crippen LogP contribution in [0.2, 0.25) is 0 Å². The van der Waals surface area contributed by atoms with Crippen LogP contribution in [0.4, 0.5) is 0 Å². The van der Waals surface area contributed by atoms with Gasteiger partial charge in [0.2, 0.25) is 0 Å². The zero-order chi connectivity index (χ0) is 11.1. The van der Waals surface area contributed by atoms with Crippen molar-refractivity contribution in [2.45, 2.75) is 52.5 Å². The number of hydrogen-bond acceptors (Lipinski definition) is 2. The van der Waals surface area contributed by atoms with Gasteiger partial charge in [-0.15, -0.1) is 0 Å². The lowest BCUT2D eigenvalue weighted by atomic mass is 9.69. The van der Waals surface area contributed by atoms with Gasteiger partial charge in [0.15, 0.2) is 0 Å². The Hall–Kier alpha value is -0.0800. The van der Waals surface area contributed by atoms with Gasteiger partial charge in [-0.2, -0.15) is 0 Å². The molecule has 2 nitrogen and oxygen atoms in total. The first-order valence-electron chi connectivity index (χ1n) is 6.36. The van der Waals surface area contributed by atoms with Gasteiger partial charge in [0, 0.05) is 12.6 Å². The zero-order valence-electron chi connectivity index (χ0n) is 10.3. The summed E-state index contributed by atoms with van der Waals surface area (Å²) in [5.74, 6) is 0.911. The summed E-state index contributed by atoms with van der Waals surface area (Å²) in [4.78, 5) is 0. The van der Waals surface area contributed by atoms with Crippen molar-refractivity contribution in [1.29, 1.82) is 0 Å². The molecular formula is C13H25NO. The molecule has 2 rings (SSSR count). The molecule has 0 saturated heterocycles. The summed E-state index contributed by atoms with van der Waals surface area (Å²) in [5, 5.41) is 12.4. The van der Waals surface area contributed by atoms with Crippen LogP contribution in [0.3, 0.4) is 0 Å². The van der Waals surface area contributed by atoms with Gasteiger partial charge in [-0.05, 0) is 49.0 Å². The van der Waals surface area contributed by atoms with E-state index in [1.54, 1.807) is 0 Å². The molecule has 1 unspecified atom stereocenters. The molecule has 2 aliphatic rings. The van der Waals surface area contributed by atoms with Gasteiger partial charge in [-0.1, -0.05) is 20.8 Å². The molecule has 0 aliphatic heterocycles. The number of aliphatic hydroxyl groups is 1. The molecule has 0 aromatic heterocycles. The topological polar surface area (TPSA) is 32.3 Å². The van der Waals surface area contributed by atoms with Crippen LogP contribution in [-0.2, 0) is 0 Å². The molecule has 15 heavy (non-hydrogen) atoms. The van der Waals surface area contributed by atoms with Gasteiger partial charge in [0.05, 0.1) is 0 Å². The van der Waals surface area contributed by atoms with Crippen molar-refractivity contribution < 1.29 is 5.11 Å². The predicted molar refractivity (Wildman–Crippen MR) is 62.7 cm³/mol. The Labute approximate surface area is 93.5 Å².